The minimum Gasteiger partial charge on any atom is -0.462 e. The van der Waals surface area contributed by atoms with Crippen molar-refractivity contribution in [2.24, 2.45) is 0 Å². The van der Waals surface area contributed by atoms with Gasteiger partial charge >= 0.3 is 11.9 Å². The Kier molecular flexibility index (Phi) is 54.4. The van der Waals surface area contributed by atoms with Crippen LogP contribution in [-0.4, -0.2) is 37.9 Å². The van der Waals surface area contributed by atoms with Gasteiger partial charge in [0.15, 0.2) is 6.10 Å². The predicted molar refractivity (Wildman–Crippen MR) is 288 cm³/mol. The lowest BCUT2D eigenvalue weighted by molar-refractivity contribution is -0.163. The molecule has 5 nitrogen and oxygen atoms in total. The van der Waals surface area contributed by atoms with Crippen molar-refractivity contribution in [2.45, 2.75) is 284 Å². The predicted octanol–water partition coefficient (Wildman–Crippen LogP) is 19.5. The highest BCUT2D eigenvalue weighted by Crippen LogP contribution is 2.15. The molecule has 1 unspecified atom stereocenters. The molecule has 0 radical (unpaired) electrons. The van der Waals surface area contributed by atoms with Crippen LogP contribution in [0.3, 0.4) is 0 Å². The molecule has 0 bridgehead atoms. The lowest BCUT2D eigenvalue weighted by atomic mass is 10.0. The standard InChI is InChI=1S/C61H108O5/c1-4-7-10-13-16-19-22-25-27-29-30-31-33-35-38-41-44-47-50-53-56-64-57-59(66-61(63)55-52-49-46-43-40-36-24-21-18-15-12-9-6-3)58-65-60(62)54-51-48-45-42-39-37-34-32-28-26-23-20-17-14-11-8-5-2/h8,11,16-17,19-20,25-28,30-31,59H,4-7,9-10,12-15,18,21-24,29,32-58H2,1-3H3/b11-8-,19-16-,20-17-,27-25-,28-26-,31-30-. The van der Waals surface area contributed by atoms with E-state index in [4.69, 9.17) is 14.2 Å². The lowest BCUT2D eigenvalue weighted by Gasteiger charge is -2.18. The van der Waals surface area contributed by atoms with Gasteiger partial charge in [-0.15, -0.1) is 0 Å². The Morgan fingerprint density at radius 2 is 0.682 bits per heavy atom. The first-order valence-electron chi connectivity index (χ1n) is 28.5. The van der Waals surface area contributed by atoms with E-state index in [0.29, 0.717) is 19.4 Å². The largest absolute Gasteiger partial charge is 0.462 e. The molecule has 0 spiro atoms. The lowest BCUT2D eigenvalue weighted by Crippen LogP contribution is -2.30. The van der Waals surface area contributed by atoms with Crippen molar-refractivity contribution in [2.75, 3.05) is 19.8 Å². The van der Waals surface area contributed by atoms with Gasteiger partial charge in [-0.05, 0) is 89.9 Å². The van der Waals surface area contributed by atoms with Gasteiger partial charge in [-0.2, -0.15) is 0 Å². The fourth-order valence-electron chi connectivity index (χ4n) is 8.00. The highest BCUT2D eigenvalue weighted by Gasteiger charge is 2.17. The molecular formula is C61H108O5. The van der Waals surface area contributed by atoms with Crippen LogP contribution in [0.5, 0.6) is 0 Å². The van der Waals surface area contributed by atoms with Crippen molar-refractivity contribution in [3.8, 4) is 0 Å². The van der Waals surface area contributed by atoms with Crippen molar-refractivity contribution in [3.05, 3.63) is 72.9 Å². The first-order chi connectivity index (χ1) is 32.6. The minimum absolute atomic E-state index is 0.0763. The number of hydrogen-bond acceptors (Lipinski definition) is 5. The number of carbonyl (C=O) groups is 2. The molecule has 0 heterocycles. The first-order valence-corrected chi connectivity index (χ1v) is 28.5. The summed E-state index contributed by atoms with van der Waals surface area (Å²) in [5, 5.41) is 0. The van der Waals surface area contributed by atoms with Crippen LogP contribution in [-0.2, 0) is 23.8 Å². The van der Waals surface area contributed by atoms with E-state index in [1.807, 2.05) is 0 Å². The maximum Gasteiger partial charge on any atom is 0.306 e. The molecule has 0 aromatic heterocycles. The van der Waals surface area contributed by atoms with Crippen LogP contribution in [0.15, 0.2) is 72.9 Å². The summed E-state index contributed by atoms with van der Waals surface area (Å²) >= 11 is 0. The number of esters is 2. The molecule has 0 rings (SSSR count). The topological polar surface area (TPSA) is 61.8 Å². The van der Waals surface area contributed by atoms with Crippen LogP contribution in [0.25, 0.3) is 0 Å². The molecule has 0 amide bonds. The molecule has 0 aromatic carbocycles. The number of unbranched alkanes of at least 4 members (excludes halogenated alkanes) is 29. The fraction of sp³-hybridized carbons (Fsp3) is 0.770. The zero-order chi connectivity index (χ0) is 47.7. The molecule has 1 atom stereocenters. The van der Waals surface area contributed by atoms with Crippen molar-refractivity contribution >= 4 is 11.9 Å². The Bertz CT molecular complexity index is 1180. The molecule has 0 saturated heterocycles. The second-order valence-corrected chi connectivity index (χ2v) is 18.8. The minimum atomic E-state index is -0.546. The summed E-state index contributed by atoms with van der Waals surface area (Å²) in [6.07, 6.45) is 73.4. The second kappa shape index (κ2) is 56.7. The third-order valence-corrected chi connectivity index (χ3v) is 12.2. The molecule has 0 aliphatic rings. The molecule has 66 heavy (non-hydrogen) atoms. The van der Waals surface area contributed by atoms with E-state index in [1.165, 1.54) is 161 Å². The third kappa shape index (κ3) is 54.0. The SMILES string of the molecule is CC/C=C\C/C=C\C/C=C\CCCCCCCCCC(=O)OCC(COCCCCCCCCC/C=C\C/C=C\C/C=C\CCCCC)OC(=O)CCCCCCCCCCCCCCC. The highest BCUT2D eigenvalue weighted by molar-refractivity contribution is 5.70. The number of ether oxygens (including phenoxy) is 3. The Hall–Kier alpha value is -2.66. The summed E-state index contributed by atoms with van der Waals surface area (Å²) < 4.78 is 17.5. The highest BCUT2D eigenvalue weighted by atomic mass is 16.6. The number of allylic oxidation sites excluding steroid dienone is 12. The van der Waals surface area contributed by atoms with Gasteiger partial charge in [-0.1, -0.05) is 248 Å². The Balaban J connectivity index is 4.27. The average molecular weight is 922 g/mol. The van der Waals surface area contributed by atoms with Gasteiger partial charge in [0.1, 0.15) is 6.61 Å². The molecule has 0 aromatic rings. The van der Waals surface area contributed by atoms with Gasteiger partial charge in [-0.3, -0.25) is 9.59 Å². The van der Waals surface area contributed by atoms with Crippen LogP contribution in [0.2, 0.25) is 0 Å². The first kappa shape index (κ1) is 63.3. The monoisotopic (exact) mass is 921 g/mol. The summed E-state index contributed by atoms with van der Waals surface area (Å²) in [6.45, 7) is 7.69. The molecule has 382 valence electrons. The van der Waals surface area contributed by atoms with Gasteiger partial charge in [-0.25, -0.2) is 0 Å². The summed E-state index contributed by atoms with van der Waals surface area (Å²) in [4.78, 5) is 25.5. The second-order valence-electron chi connectivity index (χ2n) is 18.8. The summed E-state index contributed by atoms with van der Waals surface area (Å²) in [5.74, 6) is -0.405. The fourth-order valence-corrected chi connectivity index (χ4v) is 8.00. The molecule has 0 aliphatic carbocycles. The summed E-state index contributed by atoms with van der Waals surface area (Å²) in [7, 11) is 0. The summed E-state index contributed by atoms with van der Waals surface area (Å²) in [6, 6.07) is 0. The van der Waals surface area contributed by atoms with Gasteiger partial charge in [0.2, 0.25) is 0 Å². The smallest absolute Gasteiger partial charge is 0.306 e. The number of hydrogen-bond donors (Lipinski definition) is 0. The molecule has 0 N–H and O–H groups in total. The van der Waals surface area contributed by atoms with E-state index >= 15 is 0 Å². The maximum atomic E-state index is 12.8. The zero-order valence-corrected chi connectivity index (χ0v) is 44.0. The maximum absolute atomic E-state index is 12.8. The molecule has 0 fully saturated rings. The van der Waals surface area contributed by atoms with E-state index in [0.717, 1.165) is 83.5 Å². The third-order valence-electron chi connectivity index (χ3n) is 12.2. The van der Waals surface area contributed by atoms with Crippen LogP contribution >= 0.6 is 0 Å². The molecule has 0 aliphatic heterocycles. The quantitative estimate of drug-likeness (QED) is 0.0346. The van der Waals surface area contributed by atoms with E-state index < -0.39 is 6.10 Å². The van der Waals surface area contributed by atoms with Crippen LogP contribution in [0.1, 0.15) is 278 Å². The van der Waals surface area contributed by atoms with E-state index in [-0.39, 0.29) is 25.2 Å². The van der Waals surface area contributed by atoms with Gasteiger partial charge in [0.05, 0.1) is 6.61 Å². The number of carbonyl (C=O) groups excluding carboxylic acids is 2. The van der Waals surface area contributed by atoms with Crippen LogP contribution in [0.4, 0.5) is 0 Å². The van der Waals surface area contributed by atoms with Crippen LogP contribution < -0.4 is 0 Å². The van der Waals surface area contributed by atoms with E-state index in [1.54, 1.807) is 0 Å². The van der Waals surface area contributed by atoms with Crippen LogP contribution in [0, 0.1) is 0 Å². The number of rotatable bonds is 52. The molecule has 0 saturated carbocycles. The van der Waals surface area contributed by atoms with Gasteiger partial charge < -0.3 is 14.2 Å². The Morgan fingerprint density at radius 3 is 1.12 bits per heavy atom. The molecule has 5 heteroatoms. The van der Waals surface area contributed by atoms with Gasteiger partial charge in [0.25, 0.3) is 0 Å². The Morgan fingerprint density at radius 1 is 0.348 bits per heavy atom. The van der Waals surface area contributed by atoms with Crippen molar-refractivity contribution in [1.82, 2.24) is 0 Å². The van der Waals surface area contributed by atoms with E-state index in [9.17, 15) is 9.59 Å². The normalized spacial score (nSPS) is 12.7. The zero-order valence-electron chi connectivity index (χ0n) is 44.0. The van der Waals surface area contributed by atoms with Crippen molar-refractivity contribution in [3.63, 3.8) is 0 Å². The van der Waals surface area contributed by atoms with Gasteiger partial charge in [0, 0.05) is 19.4 Å². The van der Waals surface area contributed by atoms with Crippen molar-refractivity contribution < 1.29 is 23.8 Å². The molecular weight excluding hydrogens is 813 g/mol. The van der Waals surface area contributed by atoms with Crippen molar-refractivity contribution in [1.29, 1.82) is 0 Å². The summed E-state index contributed by atoms with van der Waals surface area (Å²) in [5.41, 5.74) is 0. The average Bonchev–Trinajstić information content (AvgIpc) is 3.32. The Labute approximate surface area is 410 Å². The van der Waals surface area contributed by atoms with E-state index in [2.05, 4.69) is 93.7 Å².